The van der Waals surface area contributed by atoms with Crippen molar-refractivity contribution in [2.24, 2.45) is 0 Å². The fraction of sp³-hybridized carbons (Fsp3) is 0. The number of hydrogen-bond acceptors (Lipinski definition) is 2. The van der Waals surface area contributed by atoms with Crippen LogP contribution >= 0.6 is 0 Å². The van der Waals surface area contributed by atoms with E-state index >= 15 is 0 Å². The molecule has 0 bridgehead atoms. The Bertz CT molecular complexity index is 228. The van der Waals surface area contributed by atoms with Gasteiger partial charge in [-0.1, -0.05) is 0 Å². The Labute approximate surface area is 57.5 Å². The maximum absolute atomic E-state index is 10.7. The Morgan fingerprint density at radius 1 is 1.40 bits per heavy atom. The standard InChI is InChI=1S/C6H6N2O2/c9-5-7-6(10)8-3-1-2-4-8/h1-5H,(H,7,9,10). The van der Waals surface area contributed by atoms with Crippen LogP contribution in [0.5, 0.6) is 0 Å². The summed E-state index contributed by atoms with van der Waals surface area (Å²) in [4.78, 5) is 20.5. The quantitative estimate of drug-likeness (QED) is 0.563. The van der Waals surface area contributed by atoms with Crippen molar-refractivity contribution in [2.75, 3.05) is 0 Å². The third-order valence-corrected chi connectivity index (χ3v) is 1.02. The molecule has 0 aliphatic rings. The molecule has 0 radical (unpaired) electrons. The summed E-state index contributed by atoms with van der Waals surface area (Å²) < 4.78 is 1.27. The van der Waals surface area contributed by atoms with Gasteiger partial charge in [0.25, 0.3) is 0 Å². The van der Waals surface area contributed by atoms with E-state index in [4.69, 9.17) is 0 Å². The number of amides is 2. The topological polar surface area (TPSA) is 51.1 Å². The highest BCUT2D eigenvalue weighted by Gasteiger charge is 1.97. The lowest BCUT2D eigenvalue weighted by atomic mass is 10.7. The van der Waals surface area contributed by atoms with E-state index in [1.165, 1.54) is 4.57 Å². The van der Waals surface area contributed by atoms with Gasteiger partial charge >= 0.3 is 6.03 Å². The smallest absolute Gasteiger partial charge is 0.280 e. The lowest BCUT2D eigenvalue weighted by Crippen LogP contribution is -2.25. The largest absolute Gasteiger partial charge is 0.331 e. The van der Waals surface area contributed by atoms with E-state index in [0.29, 0.717) is 6.41 Å². The first-order valence-electron chi connectivity index (χ1n) is 2.72. The van der Waals surface area contributed by atoms with E-state index in [-0.39, 0.29) is 0 Å². The van der Waals surface area contributed by atoms with Crippen molar-refractivity contribution in [3.63, 3.8) is 0 Å². The normalized spacial score (nSPS) is 8.80. The third kappa shape index (κ3) is 1.22. The van der Waals surface area contributed by atoms with Crippen LogP contribution in [-0.4, -0.2) is 17.0 Å². The second-order valence-corrected chi connectivity index (χ2v) is 1.66. The molecule has 0 atom stereocenters. The summed E-state index contributed by atoms with van der Waals surface area (Å²) >= 11 is 0. The second kappa shape index (κ2) is 2.82. The van der Waals surface area contributed by atoms with Gasteiger partial charge in [0.2, 0.25) is 6.41 Å². The SMILES string of the molecule is O=CNC(=O)n1cccc1. The first-order chi connectivity index (χ1) is 4.84. The molecule has 0 fully saturated rings. The Kier molecular flexibility index (Phi) is 1.84. The highest BCUT2D eigenvalue weighted by Crippen LogP contribution is 1.86. The molecule has 4 heteroatoms. The summed E-state index contributed by atoms with van der Waals surface area (Å²) in [5, 5.41) is 1.99. The Hall–Kier alpha value is -1.58. The van der Waals surface area contributed by atoms with E-state index in [9.17, 15) is 9.59 Å². The van der Waals surface area contributed by atoms with Crippen molar-refractivity contribution < 1.29 is 9.59 Å². The average Bonchev–Trinajstić information content (AvgIpc) is 2.38. The molecule has 52 valence electrons. The highest BCUT2D eigenvalue weighted by molar-refractivity contribution is 5.86. The molecule has 0 aliphatic carbocycles. The van der Waals surface area contributed by atoms with Crippen LogP contribution in [0.25, 0.3) is 0 Å². The van der Waals surface area contributed by atoms with Crippen molar-refractivity contribution in [2.45, 2.75) is 0 Å². The van der Waals surface area contributed by atoms with Crippen molar-refractivity contribution >= 4 is 12.4 Å². The number of rotatable bonds is 1. The molecule has 0 aromatic carbocycles. The third-order valence-electron chi connectivity index (χ3n) is 1.02. The zero-order chi connectivity index (χ0) is 7.40. The van der Waals surface area contributed by atoms with Gasteiger partial charge in [0, 0.05) is 12.4 Å². The molecular weight excluding hydrogens is 132 g/mol. The molecule has 1 aromatic rings. The minimum atomic E-state index is -0.444. The lowest BCUT2D eigenvalue weighted by Gasteiger charge is -1.95. The van der Waals surface area contributed by atoms with Crippen molar-refractivity contribution in [3.05, 3.63) is 24.5 Å². The van der Waals surface area contributed by atoms with Gasteiger partial charge in [0.15, 0.2) is 0 Å². The number of imide groups is 1. The first kappa shape index (κ1) is 6.54. The molecule has 1 N–H and O–H groups in total. The molecule has 4 nitrogen and oxygen atoms in total. The molecule has 1 heterocycles. The number of nitrogens with zero attached hydrogens (tertiary/aromatic N) is 1. The van der Waals surface area contributed by atoms with Crippen LogP contribution in [0.15, 0.2) is 24.5 Å². The van der Waals surface area contributed by atoms with Gasteiger partial charge in [-0.2, -0.15) is 0 Å². The molecule has 0 spiro atoms. The Balaban J connectivity index is 2.68. The summed E-state index contributed by atoms with van der Waals surface area (Å²) in [7, 11) is 0. The zero-order valence-corrected chi connectivity index (χ0v) is 5.15. The molecule has 1 rings (SSSR count). The van der Waals surface area contributed by atoms with Crippen LogP contribution in [0.3, 0.4) is 0 Å². The molecule has 0 unspecified atom stereocenters. The number of carbonyl (C=O) groups excluding carboxylic acids is 2. The molecule has 1 aromatic heterocycles. The van der Waals surface area contributed by atoms with Crippen LogP contribution < -0.4 is 5.32 Å². The Morgan fingerprint density at radius 3 is 2.50 bits per heavy atom. The number of carbonyl (C=O) groups is 2. The van der Waals surface area contributed by atoms with E-state index in [1.807, 2.05) is 5.32 Å². The van der Waals surface area contributed by atoms with Gasteiger partial charge < -0.3 is 0 Å². The fourth-order valence-corrected chi connectivity index (χ4v) is 0.595. The van der Waals surface area contributed by atoms with E-state index in [0.717, 1.165) is 0 Å². The van der Waals surface area contributed by atoms with Gasteiger partial charge in [0.05, 0.1) is 0 Å². The Morgan fingerprint density at radius 2 is 2.00 bits per heavy atom. The fourth-order valence-electron chi connectivity index (χ4n) is 0.595. The van der Waals surface area contributed by atoms with Crippen LogP contribution in [-0.2, 0) is 4.79 Å². The minimum absolute atomic E-state index is 0.350. The first-order valence-corrected chi connectivity index (χ1v) is 2.72. The van der Waals surface area contributed by atoms with Gasteiger partial charge in [0.1, 0.15) is 0 Å². The van der Waals surface area contributed by atoms with Crippen LogP contribution in [0.4, 0.5) is 4.79 Å². The van der Waals surface area contributed by atoms with Gasteiger partial charge in [-0.15, -0.1) is 0 Å². The van der Waals surface area contributed by atoms with Crippen molar-refractivity contribution in [1.82, 2.24) is 9.88 Å². The molecule has 10 heavy (non-hydrogen) atoms. The molecule has 2 amide bonds. The molecule has 0 saturated carbocycles. The van der Waals surface area contributed by atoms with E-state index in [1.54, 1.807) is 24.5 Å². The van der Waals surface area contributed by atoms with Crippen LogP contribution in [0, 0.1) is 0 Å². The van der Waals surface area contributed by atoms with Gasteiger partial charge in [-0.25, -0.2) is 4.79 Å². The number of hydrogen-bond donors (Lipinski definition) is 1. The average molecular weight is 138 g/mol. The van der Waals surface area contributed by atoms with E-state index < -0.39 is 6.03 Å². The predicted octanol–water partition coefficient (Wildman–Crippen LogP) is 0.202. The summed E-state index contributed by atoms with van der Waals surface area (Å²) in [6.45, 7) is 0. The van der Waals surface area contributed by atoms with Crippen molar-refractivity contribution in [3.8, 4) is 0 Å². The summed E-state index contributed by atoms with van der Waals surface area (Å²) in [5.41, 5.74) is 0. The summed E-state index contributed by atoms with van der Waals surface area (Å²) in [5.74, 6) is 0. The maximum Gasteiger partial charge on any atom is 0.331 e. The zero-order valence-electron chi connectivity index (χ0n) is 5.15. The highest BCUT2D eigenvalue weighted by atomic mass is 16.2. The monoisotopic (exact) mass is 138 g/mol. The maximum atomic E-state index is 10.7. The van der Waals surface area contributed by atoms with Crippen LogP contribution in [0.1, 0.15) is 0 Å². The van der Waals surface area contributed by atoms with Gasteiger partial charge in [-0.3, -0.25) is 14.7 Å². The number of aromatic nitrogens is 1. The van der Waals surface area contributed by atoms with Crippen molar-refractivity contribution in [1.29, 1.82) is 0 Å². The summed E-state index contributed by atoms with van der Waals surface area (Å²) in [6.07, 6.45) is 3.46. The minimum Gasteiger partial charge on any atom is -0.280 e. The summed E-state index contributed by atoms with van der Waals surface area (Å²) in [6, 6.07) is 2.95. The second-order valence-electron chi connectivity index (χ2n) is 1.66. The van der Waals surface area contributed by atoms with Gasteiger partial charge in [-0.05, 0) is 12.1 Å². The number of nitrogens with one attached hydrogen (secondary N) is 1. The lowest BCUT2D eigenvalue weighted by molar-refractivity contribution is -0.108. The predicted molar refractivity (Wildman–Crippen MR) is 34.4 cm³/mol. The van der Waals surface area contributed by atoms with Crippen LogP contribution in [0.2, 0.25) is 0 Å². The van der Waals surface area contributed by atoms with E-state index in [2.05, 4.69) is 0 Å². The molecule has 0 saturated heterocycles. The molecular formula is C6H6N2O2. The molecule has 0 aliphatic heterocycles.